The van der Waals surface area contributed by atoms with E-state index in [1.807, 2.05) is 24.3 Å². The maximum Gasteiger partial charge on any atom is 0.260 e. The fourth-order valence-corrected chi connectivity index (χ4v) is 3.28. The molecule has 0 spiro atoms. The largest absolute Gasteiger partial charge is 0.484 e. The van der Waals surface area contributed by atoms with E-state index in [0.717, 1.165) is 0 Å². The van der Waals surface area contributed by atoms with Gasteiger partial charge in [-0.05, 0) is 23.6 Å². The smallest absolute Gasteiger partial charge is 0.260 e. The lowest BCUT2D eigenvalue weighted by Gasteiger charge is -2.33. The summed E-state index contributed by atoms with van der Waals surface area (Å²) < 4.78 is 29.8. The van der Waals surface area contributed by atoms with Gasteiger partial charge in [0.15, 0.2) is 6.61 Å². The molecule has 2 rings (SSSR count). The Morgan fingerprint density at radius 2 is 1.70 bits per heavy atom. The minimum atomic E-state index is -3.18. The number of sulfonamides is 1. The molecule has 6 nitrogen and oxygen atoms in total. The van der Waals surface area contributed by atoms with Crippen LogP contribution in [-0.2, 0) is 14.8 Å². The second-order valence-corrected chi connectivity index (χ2v) is 8.04. The first-order valence-corrected chi connectivity index (χ1v) is 9.58. The minimum Gasteiger partial charge on any atom is -0.484 e. The van der Waals surface area contributed by atoms with Crippen LogP contribution < -0.4 is 4.74 Å². The number of hydrogen-bond acceptors (Lipinski definition) is 4. The third-order valence-electron chi connectivity index (χ3n) is 3.97. The highest BCUT2D eigenvalue weighted by Gasteiger charge is 2.26. The molecule has 0 unspecified atom stereocenters. The van der Waals surface area contributed by atoms with Gasteiger partial charge in [-0.15, -0.1) is 0 Å². The van der Waals surface area contributed by atoms with Crippen LogP contribution in [0.25, 0.3) is 0 Å². The highest BCUT2D eigenvalue weighted by molar-refractivity contribution is 7.88. The number of rotatable bonds is 5. The van der Waals surface area contributed by atoms with Crippen LogP contribution in [0.2, 0.25) is 0 Å². The maximum absolute atomic E-state index is 12.1. The fourth-order valence-electron chi connectivity index (χ4n) is 2.45. The van der Waals surface area contributed by atoms with Crippen molar-refractivity contribution in [2.24, 2.45) is 0 Å². The van der Waals surface area contributed by atoms with Crippen molar-refractivity contribution in [3.8, 4) is 5.75 Å². The SMILES string of the molecule is CC(C)c1ccc(OCC(=O)N2CCN(S(C)(=O)=O)CC2)cc1. The Kier molecular flexibility index (Phi) is 5.64. The molecule has 0 atom stereocenters. The van der Waals surface area contributed by atoms with Crippen LogP contribution in [-0.4, -0.2) is 62.6 Å². The van der Waals surface area contributed by atoms with E-state index in [1.165, 1.54) is 16.1 Å². The third-order valence-corrected chi connectivity index (χ3v) is 5.27. The Bertz CT molecular complexity index is 633. The molecule has 23 heavy (non-hydrogen) atoms. The lowest BCUT2D eigenvalue weighted by Crippen LogP contribution is -2.51. The number of nitrogens with zero attached hydrogens (tertiary/aromatic N) is 2. The number of ether oxygens (including phenoxy) is 1. The van der Waals surface area contributed by atoms with Gasteiger partial charge >= 0.3 is 0 Å². The summed E-state index contributed by atoms with van der Waals surface area (Å²) in [7, 11) is -3.18. The van der Waals surface area contributed by atoms with Crippen molar-refractivity contribution in [2.75, 3.05) is 39.0 Å². The predicted molar refractivity (Wildman–Crippen MR) is 89.0 cm³/mol. The van der Waals surface area contributed by atoms with E-state index >= 15 is 0 Å². The molecular weight excluding hydrogens is 316 g/mol. The van der Waals surface area contributed by atoms with E-state index in [4.69, 9.17) is 4.74 Å². The molecule has 1 aromatic carbocycles. The van der Waals surface area contributed by atoms with Gasteiger partial charge in [0, 0.05) is 26.2 Å². The second-order valence-electron chi connectivity index (χ2n) is 6.06. The van der Waals surface area contributed by atoms with E-state index in [-0.39, 0.29) is 12.5 Å². The Morgan fingerprint density at radius 1 is 1.13 bits per heavy atom. The molecule has 1 aliphatic heterocycles. The number of amides is 1. The van der Waals surface area contributed by atoms with Gasteiger partial charge in [-0.25, -0.2) is 8.42 Å². The second kappa shape index (κ2) is 7.31. The van der Waals surface area contributed by atoms with E-state index < -0.39 is 10.0 Å². The summed E-state index contributed by atoms with van der Waals surface area (Å²) >= 11 is 0. The zero-order valence-corrected chi connectivity index (χ0v) is 14.7. The van der Waals surface area contributed by atoms with E-state index in [0.29, 0.717) is 37.8 Å². The summed E-state index contributed by atoms with van der Waals surface area (Å²) in [6, 6.07) is 7.72. The molecular formula is C16H24N2O4S. The third kappa shape index (κ3) is 4.94. The van der Waals surface area contributed by atoms with Gasteiger partial charge in [0.05, 0.1) is 6.26 Å². The Labute approximate surface area is 138 Å². The minimum absolute atomic E-state index is 0.0279. The maximum atomic E-state index is 12.1. The Balaban J connectivity index is 1.81. The summed E-state index contributed by atoms with van der Waals surface area (Å²) in [6.45, 7) is 5.70. The molecule has 0 saturated carbocycles. The van der Waals surface area contributed by atoms with E-state index in [9.17, 15) is 13.2 Å². The number of carbonyl (C=O) groups excluding carboxylic acids is 1. The molecule has 128 valence electrons. The highest BCUT2D eigenvalue weighted by atomic mass is 32.2. The first kappa shape index (κ1) is 17.7. The Morgan fingerprint density at radius 3 is 2.17 bits per heavy atom. The normalized spacial score (nSPS) is 16.6. The van der Waals surface area contributed by atoms with Gasteiger partial charge in [-0.2, -0.15) is 4.31 Å². The summed E-state index contributed by atoms with van der Waals surface area (Å²) in [4.78, 5) is 13.8. The summed E-state index contributed by atoms with van der Waals surface area (Å²) in [5.41, 5.74) is 1.22. The highest BCUT2D eigenvalue weighted by Crippen LogP contribution is 2.18. The quantitative estimate of drug-likeness (QED) is 0.810. The first-order valence-electron chi connectivity index (χ1n) is 7.73. The van der Waals surface area contributed by atoms with Crippen LogP contribution >= 0.6 is 0 Å². The molecule has 1 heterocycles. The molecule has 7 heteroatoms. The van der Waals surface area contributed by atoms with Crippen LogP contribution in [0.5, 0.6) is 5.75 Å². The topological polar surface area (TPSA) is 66.9 Å². The van der Waals surface area contributed by atoms with Gasteiger partial charge in [0.2, 0.25) is 10.0 Å². The van der Waals surface area contributed by atoms with Crippen molar-refractivity contribution < 1.29 is 17.9 Å². The lowest BCUT2D eigenvalue weighted by atomic mass is 10.0. The van der Waals surface area contributed by atoms with Gasteiger partial charge < -0.3 is 9.64 Å². The van der Waals surface area contributed by atoms with Crippen LogP contribution in [0.3, 0.4) is 0 Å². The van der Waals surface area contributed by atoms with Crippen molar-refractivity contribution in [1.29, 1.82) is 0 Å². The lowest BCUT2D eigenvalue weighted by molar-refractivity contribution is -0.134. The fraction of sp³-hybridized carbons (Fsp3) is 0.562. The number of carbonyl (C=O) groups is 1. The molecule has 1 saturated heterocycles. The monoisotopic (exact) mass is 340 g/mol. The van der Waals surface area contributed by atoms with Crippen molar-refractivity contribution in [1.82, 2.24) is 9.21 Å². The van der Waals surface area contributed by atoms with Crippen molar-refractivity contribution in [3.63, 3.8) is 0 Å². The van der Waals surface area contributed by atoms with Crippen LogP contribution in [0.15, 0.2) is 24.3 Å². The predicted octanol–water partition coefficient (Wildman–Crippen LogP) is 1.29. The summed E-state index contributed by atoms with van der Waals surface area (Å²) in [5, 5.41) is 0. The molecule has 0 aliphatic carbocycles. The standard InChI is InChI=1S/C16H24N2O4S/c1-13(2)14-4-6-15(7-5-14)22-12-16(19)17-8-10-18(11-9-17)23(3,20)21/h4-7,13H,8-12H2,1-3H3. The Hall–Kier alpha value is -1.60. The van der Waals surface area contributed by atoms with Crippen molar-refractivity contribution in [3.05, 3.63) is 29.8 Å². The average Bonchev–Trinajstić information content (AvgIpc) is 2.52. The van der Waals surface area contributed by atoms with E-state index in [2.05, 4.69) is 13.8 Å². The zero-order chi connectivity index (χ0) is 17.0. The van der Waals surface area contributed by atoms with Crippen LogP contribution in [0.4, 0.5) is 0 Å². The van der Waals surface area contributed by atoms with Crippen molar-refractivity contribution in [2.45, 2.75) is 19.8 Å². The van der Waals surface area contributed by atoms with Crippen LogP contribution in [0, 0.1) is 0 Å². The van der Waals surface area contributed by atoms with Crippen LogP contribution in [0.1, 0.15) is 25.3 Å². The van der Waals surface area contributed by atoms with E-state index in [1.54, 1.807) is 4.90 Å². The van der Waals surface area contributed by atoms with Gasteiger partial charge in [-0.1, -0.05) is 26.0 Å². The van der Waals surface area contributed by atoms with Gasteiger partial charge in [-0.3, -0.25) is 4.79 Å². The molecule has 1 fully saturated rings. The molecule has 1 amide bonds. The molecule has 0 aromatic heterocycles. The number of benzene rings is 1. The van der Waals surface area contributed by atoms with Crippen molar-refractivity contribution >= 4 is 15.9 Å². The zero-order valence-electron chi connectivity index (χ0n) is 13.9. The molecule has 0 N–H and O–H groups in total. The summed E-state index contributed by atoms with van der Waals surface area (Å²) in [5.74, 6) is 1.00. The van der Waals surface area contributed by atoms with Gasteiger partial charge in [0.25, 0.3) is 5.91 Å². The number of hydrogen-bond donors (Lipinski definition) is 0. The molecule has 0 bridgehead atoms. The molecule has 1 aliphatic rings. The molecule has 0 radical (unpaired) electrons. The number of piperazine rings is 1. The molecule has 1 aromatic rings. The summed E-state index contributed by atoms with van der Waals surface area (Å²) in [6.07, 6.45) is 1.19. The van der Waals surface area contributed by atoms with Gasteiger partial charge in [0.1, 0.15) is 5.75 Å². The first-order chi connectivity index (χ1) is 10.8. The average molecular weight is 340 g/mol.